The molecule has 0 spiro atoms. The summed E-state index contributed by atoms with van der Waals surface area (Å²) in [5.74, 6) is 1.98. The molecule has 5 nitrogen and oxygen atoms in total. The first-order valence-electron chi connectivity index (χ1n) is 10.9. The molecular formula is C25H28N4OS. The van der Waals surface area contributed by atoms with Gasteiger partial charge < -0.3 is 14.2 Å². The van der Waals surface area contributed by atoms with E-state index in [1.807, 2.05) is 36.2 Å². The molecule has 0 N–H and O–H groups in total. The number of rotatable bonds is 5. The van der Waals surface area contributed by atoms with Crippen molar-refractivity contribution in [1.29, 1.82) is 0 Å². The van der Waals surface area contributed by atoms with Crippen LogP contribution in [0.3, 0.4) is 0 Å². The number of methoxy groups -OCH3 is 1. The van der Waals surface area contributed by atoms with Gasteiger partial charge in [-0.25, -0.2) is 0 Å². The number of aliphatic imine (C=N–C) groups is 1. The molecule has 2 aromatic heterocycles. The lowest BCUT2D eigenvalue weighted by Gasteiger charge is -2.32. The summed E-state index contributed by atoms with van der Waals surface area (Å²) in [5.41, 5.74) is 6.02. The smallest absolute Gasteiger partial charge is 0.160 e. The predicted octanol–water partition coefficient (Wildman–Crippen LogP) is 5.48. The number of aromatic nitrogens is 2. The zero-order valence-electron chi connectivity index (χ0n) is 18.4. The predicted molar refractivity (Wildman–Crippen MR) is 127 cm³/mol. The van der Waals surface area contributed by atoms with E-state index in [9.17, 15) is 0 Å². The molecule has 0 amide bonds. The fourth-order valence-corrected chi connectivity index (χ4v) is 6.24. The Balaban J connectivity index is 1.61. The van der Waals surface area contributed by atoms with E-state index in [4.69, 9.17) is 9.73 Å². The Labute approximate surface area is 188 Å². The minimum absolute atomic E-state index is 0.0165. The third-order valence-corrected chi connectivity index (χ3v) is 7.57. The Bertz CT molecular complexity index is 1110. The summed E-state index contributed by atoms with van der Waals surface area (Å²) < 4.78 is 7.69. The van der Waals surface area contributed by atoms with Crippen LogP contribution in [0.5, 0.6) is 5.75 Å². The SMILES string of the molecule is CC[C@H]1CSC2=N[C@@H](c3ccccn3)[C@@H](c3cc(C)n(-c4ccc(OC)cc4)c3C)N21. The fourth-order valence-electron chi connectivity index (χ4n) is 4.90. The third-order valence-electron chi connectivity index (χ3n) is 6.45. The number of ether oxygens (including phenoxy) is 1. The summed E-state index contributed by atoms with van der Waals surface area (Å²) in [6.07, 6.45) is 3.00. The van der Waals surface area contributed by atoms with E-state index >= 15 is 0 Å². The number of benzene rings is 1. The van der Waals surface area contributed by atoms with E-state index < -0.39 is 0 Å². The summed E-state index contributed by atoms with van der Waals surface area (Å²) in [7, 11) is 1.70. The highest BCUT2D eigenvalue weighted by Gasteiger charge is 2.46. The van der Waals surface area contributed by atoms with Crippen LogP contribution >= 0.6 is 11.8 Å². The summed E-state index contributed by atoms with van der Waals surface area (Å²) in [6.45, 7) is 6.69. The highest BCUT2D eigenvalue weighted by atomic mass is 32.2. The molecule has 2 aliphatic rings. The summed E-state index contributed by atoms with van der Waals surface area (Å²) in [6, 6.07) is 17.5. The van der Waals surface area contributed by atoms with Crippen molar-refractivity contribution in [2.45, 2.75) is 45.3 Å². The minimum Gasteiger partial charge on any atom is -0.497 e. The van der Waals surface area contributed by atoms with Crippen molar-refractivity contribution in [2.24, 2.45) is 4.99 Å². The van der Waals surface area contributed by atoms with Crippen molar-refractivity contribution in [3.8, 4) is 11.4 Å². The highest BCUT2D eigenvalue weighted by Crippen LogP contribution is 2.49. The third kappa shape index (κ3) is 3.33. The van der Waals surface area contributed by atoms with Gasteiger partial charge in [-0.1, -0.05) is 24.8 Å². The van der Waals surface area contributed by atoms with Crippen LogP contribution in [0.4, 0.5) is 0 Å². The summed E-state index contributed by atoms with van der Waals surface area (Å²) in [4.78, 5) is 12.4. The van der Waals surface area contributed by atoms with Crippen LogP contribution in [-0.4, -0.2) is 38.5 Å². The van der Waals surface area contributed by atoms with Crippen molar-refractivity contribution in [2.75, 3.05) is 12.9 Å². The average molecular weight is 433 g/mol. The number of pyridine rings is 1. The molecule has 5 rings (SSSR count). The molecular weight excluding hydrogens is 404 g/mol. The molecule has 0 saturated carbocycles. The molecule has 0 unspecified atom stereocenters. The van der Waals surface area contributed by atoms with E-state index in [0.717, 1.165) is 29.3 Å². The van der Waals surface area contributed by atoms with Gasteiger partial charge in [0.05, 0.1) is 18.8 Å². The van der Waals surface area contributed by atoms with Gasteiger partial charge in [0.1, 0.15) is 11.8 Å². The standard InChI is InChI=1S/C25H28N4OS/c1-5-18-15-31-25-27-23(22-8-6-7-13-26-22)24(29(18)25)21-14-16(2)28(17(21)3)19-9-11-20(30-4)12-10-19/h6-14,18,23-24H,5,15H2,1-4H3/t18-,23-,24+/m0/s1. The second kappa shape index (κ2) is 8.08. The lowest BCUT2D eigenvalue weighted by Crippen LogP contribution is -2.35. The van der Waals surface area contributed by atoms with Crippen LogP contribution in [-0.2, 0) is 0 Å². The van der Waals surface area contributed by atoms with Gasteiger partial charge in [-0.05, 0) is 68.3 Å². The lowest BCUT2D eigenvalue weighted by atomic mass is 9.95. The maximum absolute atomic E-state index is 5.35. The van der Waals surface area contributed by atoms with E-state index in [0.29, 0.717) is 6.04 Å². The van der Waals surface area contributed by atoms with Gasteiger partial charge in [-0.2, -0.15) is 0 Å². The number of thioether (sulfide) groups is 1. The first-order valence-corrected chi connectivity index (χ1v) is 11.8. The summed E-state index contributed by atoms with van der Waals surface area (Å²) >= 11 is 1.89. The topological polar surface area (TPSA) is 42.6 Å². The maximum Gasteiger partial charge on any atom is 0.160 e. The minimum atomic E-state index is 0.0165. The molecule has 3 aromatic rings. The molecule has 3 atom stereocenters. The molecule has 0 aliphatic carbocycles. The van der Waals surface area contributed by atoms with Crippen molar-refractivity contribution in [1.82, 2.24) is 14.5 Å². The first-order chi connectivity index (χ1) is 15.1. The van der Waals surface area contributed by atoms with E-state index in [2.05, 4.69) is 65.6 Å². The molecule has 0 bridgehead atoms. The molecule has 1 fully saturated rings. The van der Waals surface area contributed by atoms with Crippen LogP contribution in [0, 0.1) is 13.8 Å². The zero-order valence-corrected chi connectivity index (χ0v) is 19.3. The van der Waals surface area contributed by atoms with Crippen LogP contribution in [0.2, 0.25) is 0 Å². The Morgan fingerprint density at radius 3 is 2.61 bits per heavy atom. The highest BCUT2D eigenvalue weighted by molar-refractivity contribution is 8.14. The van der Waals surface area contributed by atoms with Gasteiger partial charge in [-0.3, -0.25) is 9.98 Å². The number of aryl methyl sites for hydroxylation is 1. The lowest BCUT2D eigenvalue weighted by molar-refractivity contribution is 0.254. The number of fused-ring (bicyclic) bond motifs is 1. The Morgan fingerprint density at radius 1 is 1.13 bits per heavy atom. The van der Waals surface area contributed by atoms with E-state index in [-0.39, 0.29) is 12.1 Å². The number of hydrogen-bond donors (Lipinski definition) is 0. The number of hydrogen-bond acceptors (Lipinski definition) is 5. The van der Waals surface area contributed by atoms with E-state index in [1.165, 1.54) is 22.1 Å². The first kappa shape index (κ1) is 20.2. The molecule has 2 aliphatic heterocycles. The molecule has 0 radical (unpaired) electrons. The summed E-state index contributed by atoms with van der Waals surface area (Å²) in [5, 5.41) is 1.17. The molecule has 6 heteroatoms. The van der Waals surface area contributed by atoms with Crippen LogP contribution in [0.1, 0.15) is 48.1 Å². The van der Waals surface area contributed by atoms with Gasteiger partial charge in [0.25, 0.3) is 0 Å². The second-order valence-electron chi connectivity index (χ2n) is 8.20. The average Bonchev–Trinajstić information content (AvgIpc) is 3.46. The van der Waals surface area contributed by atoms with Crippen molar-refractivity contribution in [3.05, 3.63) is 77.4 Å². The molecule has 1 saturated heterocycles. The normalized spacial score (nSPS) is 22.5. The van der Waals surface area contributed by atoms with Crippen molar-refractivity contribution in [3.63, 3.8) is 0 Å². The van der Waals surface area contributed by atoms with Crippen LogP contribution in [0.15, 0.2) is 59.7 Å². The Morgan fingerprint density at radius 2 is 1.94 bits per heavy atom. The molecule has 1 aromatic carbocycles. The zero-order chi connectivity index (χ0) is 21.5. The van der Waals surface area contributed by atoms with Gasteiger partial charge in [0.15, 0.2) is 5.17 Å². The van der Waals surface area contributed by atoms with Gasteiger partial charge in [0, 0.05) is 35.1 Å². The Kier molecular flexibility index (Phi) is 5.26. The van der Waals surface area contributed by atoms with E-state index in [1.54, 1.807) is 7.11 Å². The van der Waals surface area contributed by atoms with Crippen molar-refractivity contribution >= 4 is 16.9 Å². The van der Waals surface area contributed by atoms with Crippen LogP contribution in [0.25, 0.3) is 5.69 Å². The van der Waals surface area contributed by atoms with Gasteiger partial charge >= 0.3 is 0 Å². The second-order valence-corrected chi connectivity index (χ2v) is 9.18. The van der Waals surface area contributed by atoms with Gasteiger partial charge in [-0.15, -0.1) is 0 Å². The van der Waals surface area contributed by atoms with Crippen molar-refractivity contribution < 1.29 is 4.74 Å². The molecule has 31 heavy (non-hydrogen) atoms. The quantitative estimate of drug-likeness (QED) is 0.536. The van der Waals surface area contributed by atoms with Gasteiger partial charge in [0.2, 0.25) is 0 Å². The maximum atomic E-state index is 5.35. The Hall–Kier alpha value is -2.73. The fraction of sp³-hybridized carbons (Fsp3) is 0.360. The molecule has 4 heterocycles. The number of amidine groups is 1. The largest absolute Gasteiger partial charge is 0.497 e. The monoisotopic (exact) mass is 432 g/mol. The van der Waals surface area contributed by atoms with Crippen LogP contribution < -0.4 is 4.74 Å². The number of nitrogens with zero attached hydrogens (tertiary/aromatic N) is 4. The molecule has 160 valence electrons.